The first-order chi connectivity index (χ1) is 6.24. The average molecular weight is 178 g/mol. The number of rotatable bonds is 4. The van der Waals surface area contributed by atoms with E-state index in [4.69, 9.17) is 5.26 Å². The summed E-state index contributed by atoms with van der Waals surface area (Å²) in [4.78, 5) is 6.05. The van der Waals surface area contributed by atoms with Gasteiger partial charge in [0, 0.05) is 18.9 Å². The first kappa shape index (κ1) is 9.75. The van der Waals surface area contributed by atoms with Gasteiger partial charge in [-0.1, -0.05) is 0 Å². The van der Waals surface area contributed by atoms with Gasteiger partial charge in [-0.3, -0.25) is 0 Å². The molecule has 13 heavy (non-hydrogen) atoms. The molecule has 0 N–H and O–H groups in total. The van der Waals surface area contributed by atoms with Crippen molar-refractivity contribution in [3.05, 3.63) is 18.2 Å². The van der Waals surface area contributed by atoms with E-state index in [1.54, 1.807) is 6.20 Å². The summed E-state index contributed by atoms with van der Waals surface area (Å²) in [7, 11) is 4.08. The van der Waals surface area contributed by atoms with Crippen molar-refractivity contribution in [3.63, 3.8) is 0 Å². The van der Waals surface area contributed by atoms with E-state index in [0.717, 1.165) is 19.5 Å². The molecule has 4 heteroatoms. The Bertz CT molecular complexity index is 295. The zero-order chi connectivity index (χ0) is 9.68. The molecule has 0 aliphatic rings. The third kappa shape index (κ3) is 2.88. The van der Waals surface area contributed by atoms with Crippen molar-refractivity contribution < 1.29 is 0 Å². The van der Waals surface area contributed by atoms with Gasteiger partial charge in [-0.2, -0.15) is 5.26 Å². The lowest BCUT2D eigenvalue weighted by atomic mass is 10.4. The normalized spacial score (nSPS) is 10.3. The zero-order valence-electron chi connectivity index (χ0n) is 8.06. The summed E-state index contributed by atoms with van der Waals surface area (Å²) in [6.07, 6.45) is 4.54. The minimum Gasteiger partial charge on any atom is -0.323 e. The summed E-state index contributed by atoms with van der Waals surface area (Å²) in [5, 5.41) is 8.67. The molecule has 70 valence electrons. The van der Waals surface area contributed by atoms with E-state index in [1.807, 2.05) is 24.9 Å². The highest BCUT2D eigenvalue weighted by molar-refractivity contribution is 5.10. The molecule has 0 unspecified atom stereocenters. The van der Waals surface area contributed by atoms with Crippen LogP contribution in [0.15, 0.2) is 12.4 Å². The van der Waals surface area contributed by atoms with Crippen LogP contribution in [0.2, 0.25) is 0 Å². The molecule has 0 saturated carbocycles. The topological polar surface area (TPSA) is 44.9 Å². The fraction of sp³-hybridized carbons (Fsp3) is 0.556. The number of hydrogen-bond donors (Lipinski definition) is 0. The van der Waals surface area contributed by atoms with Gasteiger partial charge in [0.05, 0.1) is 0 Å². The molecule has 0 aromatic carbocycles. The highest BCUT2D eigenvalue weighted by atomic mass is 15.1. The molecule has 0 bridgehead atoms. The molecule has 0 fully saturated rings. The lowest BCUT2D eigenvalue weighted by Gasteiger charge is -2.09. The van der Waals surface area contributed by atoms with Crippen LogP contribution in [0.3, 0.4) is 0 Å². The van der Waals surface area contributed by atoms with Crippen molar-refractivity contribution >= 4 is 0 Å². The van der Waals surface area contributed by atoms with E-state index in [9.17, 15) is 0 Å². The minimum absolute atomic E-state index is 0.499. The molecule has 0 atom stereocenters. The van der Waals surface area contributed by atoms with Gasteiger partial charge in [-0.25, -0.2) is 4.98 Å². The smallest absolute Gasteiger partial charge is 0.212 e. The Morgan fingerprint density at radius 3 is 3.00 bits per heavy atom. The van der Waals surface area contributed by atoms with Gasteiger partial charge in [0.15, 0.2) is 0 Å². The lowest BCUT2D eigenvalue weighted by molar-refractivity contribution is 0.386. The standard InChI is InChI=1S/C9H14N4/c1-12(2)5-3-6-13-7-4-11-9(13)8-10/h4,7H,3,5-6H2,1-2H3. The van der Waals surface area contributed by atoms with E-state index < -0.39 is 0 Å². The summed E-state index contributed by atoms with van der Waals surface area (Å²) in [5.41, 5.74) is 0. The number of aromatic nitrogens is 2. The Hall–Kier alpha value is -1.34. The third-order valence-electron chi connectivity index (χ3n) is 1.82. The van der Waals surface area contributed by atoms with Crippen LogP contribution in [0.4, 0.5) is 0 Å². The summed E-state index contributed by atoms with van der Waals surface area (Å²) < 4.78 is 1.88. The van der Waals surface area contributed by atoms with Crippen LogP contribution in [-0.2, 0) is 6.54 Å². The summed E-state index contributed by atoms with van der Waals surface area (Å²) in [6, 6.07) is 2.05. The molecule has 0 aliphatic heterocycles. The van der Waals surface area contributed by atoms with E-state index in [0.29, 0.717) is 5.82 Å². The highest BCUT2D eigenvalue weighted by Gasteiger charge is 1.99. The molecule has 0 aliphatic carbocycles. The van der Waals surface area contributed by atoms with Crippen molar-refractivity contribution in [2.45, 2.75) is 13.0 Å². The highest BCUT2D eigenvalue weighted by Crippen LogP contribution is 1.97. The number of nitriles is 1. The maximum atomic E-state index is 8.67. The van der Waals surface area contributed by atoms with E-state index in [-0.39, 0.29) is 0 Å². The summed E-state index contributed by atoms with van der Waals surface area (Å²) in [6.45, 7) is 1.89. The molecule has 1 heterocycles. The molecule has 1 rings (SSSR count). The van der Waals surface area contributed by atoms with Crippen molar-refractivity contribution in [3.8, 4) is 6.07 Å². The first-order valence-electron chi connectivity index (χ1n) is 4.30. The third-order valence-corrected chi connectivity index (χ3v) is 1.82. The summed E-state index contributed by atoms with van der Waals surface area (Å²) >= 11 is 0. The van der Waals surface area contributed by atoms with Crippen LogP contribution in [0.5, 0.6) is 0 Å². The van der Waals surface area contributed by atoms with Gasteiger partial charge in [0.2, 0.25) is 5.82 Å². The number of hydrogen-bond acceptors (Lipinski definition) is 3. The molecule has 4 nitrogen and oxygen atoms in total. The van der Waals surface area contributed by atoms with Crippen LogP contribution >= 0.6 is 0 Å². The molecule has 0 spiro atoms. The largest absolute Gasteiger partial charge is 0.323 e. The van der Waals surface area contributed by atoms with Gasteiger partial charge in [0.1, 0.15) is 6.07 Å². The van der Waals surface area contributed by atoms with Gasteiger partial charge >= 0.3 is 0 Å². The molecular weight excluding hydrogens is 164 g/mol. The van der Waals surface area contributed by atoms with Gasteiger partial charge in [-0.05, 0) is 27.1 Å². The van der Waals surface area contributed by atoms with E-state index in [1.165, 1.54) is 0 Å². The summed E-state index contributed by atoms with van der Waals surface area (Å²) in [5.74, 6) is 0.499. The van der Waals surface area contributed by atoms with Gasteiger partial charge in [0.25, 0.3) is 0 Å². The zero-order valence-corrected chi connectivity index (χ0v) is 8.06. The second-order valence-corrected chi connectivity index (χ2v) is 3.21. The molecule has 0 radical (unpaired) electrons. The predicted octanol–water partition coefficient (Wildman–Crippen LogP) is 0.706. The van der Waals surface area contributed by atoms with Crippen LogP contribution < -0.4 is 0 Å². The van der Waals surface area contributed by atoms with Crippen LogP contribution in [0, 0.1) is 11.3 Å². The number of nitrogens with zero attached hydrogens (tertiary/aromatic N) is 4. The Morgan fingerprint density at radius 1 is 1.62 bits per heavy atom. The predicted molar refractivity (Wildman–Crippen MR) is 50.1 cm³/mol. The molecule has 1 aromatic heterocycles. The van der Waals surface area contributed by atoms with Crippen LogP contribution in [0.1, 0.15) is 12.2 Å². The van der Waals surface area contributed by atoms with E-state index >= 15 is 0 Å². The monoisotopic (exact) mass is 178 g/mol. The van der Waals surface area contributed by atoms with Crippen molar-refractivity contribution in [2.24, 2.45) is 0 Å². The second kappa shape index (κ2) is 4.63. The van der Waals surface area contributed by atoms with Gasteiger partial charge in [-0.15, -0.1) is 0 Å². The van der Waals surface area contributed by atoms with Gasteiger partial charge < -0.3 is 9.47 Å². The number of imidazole rings is 1. The quantitative estimate of drug-likeness (QED) is 0.682. The lowest BCUT2D eigenvalue weighted by Crippen LogP contribution is -2.15. The fourth-order valence-corrected chi connectivity index (χ4v) is 1.16. The Morgan fingerprint density at radius 2 is 2.38 bits per heavy atom. The SMILES string of the molecule is CN(C)CCCn1ccnc1C#N. The van der Waals surface area contributed by atoms with Crippen molar-refractivity contribution in [2.75, 3.05) is 20.6 Å². The van der Waals surface area contributed by atoms with Crippen LogP contribution in [0.25, 0.3) is 0 Å². The molecule has 0 saturated heterocycles. The van der Waals surface area contributed by atoms with Crippen molar-refractivity contribution in [1.82, 2.24) is 14.5 Å². The maximum Gasteiger partial charge on any atom is 0.212 e. The first-order valence-corrected chi connectivity index (χ1v) is 4.30. The Balaban J connectivity index is 2.41. The van der Waals surface area contributed by atoms with Crippen molar-refractivity contribution in [1.29, 1.82) is 5.26 Å². The average Bonchev–Trinajstić information content (AvgIpc) is 2.51. The second-order valence-electron chi connectivity index (χ2n) is 3.21. The Labute approximate surface area is 78.4 Å². The molecule has 1 aromatic rings. The molecule has 0 amide bonds. The van der Waals surface area contributed by atoms with E-state index in [2.05, 4.69) is 16.0 Å². The Kier molecular flexibility index (Phi) is 3.47. The maximum absolute atomic E-state index is 8.67. The fourth-order valence-electron chi connectivity index (χ4n) is 1.16. The minimum atomic E-state index is 0.499. The van der Waals surface area contributed by atoms with Crippen LogP contribution in [-0.4, -0.2) is 35.1 Å². The molecular formula is C9H14N4. The number of aryl methyl sites for hydroxylation is 1.